The van der Waals surface area contributed by atoms with Crippen LogP contribution in [-0.4, -0.2) is 22.3 Å². The zero-order valence-electron chi connectivity index (χ0n) is 10.5. The Labute approximate surface area is 110 Å². The minimum atomic E-state index is -0.187. The molecule has 0 spiro atoms. The van der Waals surface area contributed by atoms with Crippen LogP contribution in [0.5, 0.6) is 5.75 Å². The van der Waals surface area contributed by atoms with Crippen molar-refractivity contribution in [3.05, 3.63) is 47.7 Å². The number of ether oxygens (including phenoxy) is 1. The lowest BCUT2D eigenvalue weighted by atomic mass is 10.1. The molecule has 0 bridgehead atoms. The van der Waals surface area contributed by atoms with E-state index in [-0.39, 0.29) is 12.5 Å². The van der Waals surface area contributed by atoms with Gasteiger partial charge in [0.05, 0.1) is 5.57 Å². The van der Waals surface area contributed by atoms with Crippen molar-refractivity contribution in [3.63, 3.8) is 0 Å². The number of carbonyl (C=O) groups is 1. The number of fused-ring (bicyclic) bond motifs is 1. The Bertz CT molecular complexity index is 658. The summed E-state index contributed by atoms with van der Waals surface area (Å²) in [5.41, 5.74) is 1.50. The molecule has 5 nitrogen and oxygen atoms in total. The second-order valence-electron chi connectivity index (χ2n) is 4.32. The van der Waals surface area contributed by atoms with Crippen molar-refractivity contribution < 1.29 is 9.53 Å². The maximum atomic E-state index is 12.1. The van der Waals surface area contributed by atoms with Crippen molar-refractivity contribution in [2.75, 3.05) is 11.9 Å². The Kier molecular flexibility index (Phi) is 2.79. The number of para-hydroxylation sites is 1. The Morgan fingerprint density at radius 3 is 3.00 bits per heavy atom. The number of carbonyl (C=O) groups excluding carboxylic acids is 1. The first-order valence-electron chi connectivity index (χ1n) is 5.96. The Morgan fingerprint density at radius 2 is 2.21 bits per heavy atom. The third-order valence-corrected chi connectivity index (χ3v) is 2.88. The first-order valence-corrected chi connectivity index (χ1v) is 5.96. The number of amides is 1. The minimum absolute atomic E-state index is 0.187. The number of hydrogen-bond donors (Lipinski definition) is 1. The van der Waals surface area contributed by atoms with Crippen LogP contribution < -0.4 is 10.1 Å². The van der Waals surface area contributed by atoms with Crippen molar-refractivity contribution >= 4 is 17.8 Å². The van der Waals surface area contributed by atoms with Gasteiger partial charge in [-0.25, -0.2) is 0 Å². The second kappa shape index (κ2) is 4.61. The summed E-state index contributed by atoms with van der Waals surface area (Å²) in [6.45, 7) is 0.273. The Balaban J connectivity index is 1.80. The average Bonchev–Trinajstić information content (AvgIpc) is 2.83. The monoisotopic (exact) mass is 255 g/mol. The molecule has 0 saturated carbocycles. The van der Waals surface area contributed by atoms with E-state index in [1.165, 1.54) is 0 Å². The molecule has 0 saturated heterocycles. The highest BCUT2D eigenvalue weighted by Crippen LogP contribution is 2.26. The third kappa shape index (κ3) is 2.35. The van der Waals surface area contributed by atoms with E-state index in [1.54, 1.807) is 24.0 Å². The van der Waals surface area contributed by atoms with Crippen LogP contribution >= 0.6 is 0 Å². The molecule has 1 aromatic carbocycles. The van der Waals surface area contributed by atoms with Crippen LogP contribution in [0.15, 0.2) is 42.1 Å². The minimum Gasteiger partial charge on any atom is -0.488 e. The van der Waals surface area contributed by atoms with Crippen molar-refractivity contribution in [1.82, 2.24) is 9.78 Å². The lowest BCUT2D eigenvalue weighted by Crippen LogP contribution is -2.21. The van der Waals surface area contributed by atoms with Gasteiger partial charge in [0.15, 0.2) is 5.82 Å². The molecule has 2 heterocycles. The van der Waals surface area contributed by atoms with Crippen LogP contribution in [0.3, 0.4) is 0 Å². The zero-order chi connectivity index (χ0) is 13.2. The van der Waals surface area contributed by atoms with Gasteiger partial charge in [0, 0.05) is 24.9 Å². The fraction of sp³-hybridized carbons (Fsp3) is 0.143. The van der Waals surface area contributed by atoms with E-state index < -0.39 is 0 Å². The highest BCUT2D eigenvalue weighted by molar-refractivity contribution is 6.07. The number of rotatable bonds is 2. The summed E-state index contributed by atoms with van der Waals surface area (Å²) < 4.78 is 7.18. The van der Waals surface area contributed by atoms with E-state index >= 15 is 0 Å². The SMILES string of the molecule is Cn1ccc(NC(=O)C2=Cc3ccccc3OC2)n1. The Morgan fingerprint density at radius 1 is 1.37 bits per heavy atom. The van der Waals surface area contributed by atoms with Gasteiger partial charge in [-0.2, -0.15) is 5.10 Å². The van der Waals surface area contributed by atoms with Crippen molar-refractivity contribution in [1.29, 1.82) is 0 Å². The van der Waals surface area contributed by atoms with Crippen LogP contribution in [0.1, 0.15) is 5.56 Å². The normalized spacial score (nSPS) is 13.2. The average molecular weight is 255 g/mol. The number of benzene rings is 1. The summed E-state index contributed by atoms with van der Waals surface area (Å²) in [4.78, 5) is 12.1. The van der Waals surface area contributed by atoms with Gasteiger partial charge in [-0.05, 0) is 12.1 Å². The molecule has 96 valence electrons. The maximum absolute atomic E-state index is 12.1. The van der Waals surface area contributed by atoms with Crippen LogP contribution in [0.25, 0.3) is 6.08 Å². The summed E-state index contributed by atoms with van der Waals surface area (Å²) >= 11 is 0. The summed E-state index contributed by atoms with van der Waals surface area (Å²) in [6.07, 6.45) is 3.62. The molecule has 1 aliphatic rings. The molecule has 2 aromatic rings. The lowest BCUT2D eigenvalue weighted by Gasteiger charge is -2.16. The molecule has 1 N–H and O–H groups in total. The smallest absolute Gasteiger partial charge is 0.256 e. The van der Waals surface area contributed by atoms with Crippen LogP contribution in [0, 0.1) is 0 Å². The maximum Gasteiger partial charge on any atom is 0.256 e. The van der Waals surface area contributed by atoms with Gasteiger partial charge in [-0.3, -0.25) is 9.48 Å². The molecule has 3 rings (SSSR count). The van der Waals surface area contributed by atoms with E-state index in [1.807, 2.05) is 30.3 Å². The van der Waals surface area contributed by atoms with E-state index in [0.717, 1.165) is 11.3 Å². The summed E-state index contributed by atoms with van der Waals surface area (Å²) in [5, 5.41) is 6.85. The zero-order valence-corrected chi connectivity index (χ0v) is 10.5. The molecule has 1 aromatic heterocycles. The summed E-state index contributed by atoms with van der Waals surface area (Å²) in [6, 6.07) is 9.38. The fourth-order valence-electron chi connectivity index (χ4n) is 1.93. The van der Waals surface area contributed by atoms with E-state index in [2.05, 4.69) is 10.4 Å². The van der Waals surface area contributed by atoms with Gasteiger partial charge in [-0.1, -0.05) is 18.2 Å². The summed E-state index contributed by atoms with van der Waals surface area (Å²) in [5.74, 6) is 1.15. The van der Waals surface area contributed by atoms with E-state index in [4.69, 9.17) is 4.74 Å². The predicted octanol–water partition coefficient (Wildman–Crippen LogP) is 1.83. The van der Waals surface area contributed by atoms with Crippen LogP contribution in [-0.2, 0) is 11.8 Å². The van der Waals surface area contributed by atoms with Crippen LogP contribution in [0.2, 0.25) is 0 Å². The second-order valence-corrected chi connectivity index (χ2v) is 4.32. The van der Waals surface area contributed by atoms with Gasteiger partial charge in [-0.15, -0.1) is 0 Å². The van der Waals surface area contributed by atoms with Gasteiger partial charge in [0.1, 0.15) is 12.4 Å². The molecule has 0 fully saturated rings. The fourth-order valence-corrected chi connectivity index (χ4v) is 1.93. The van der Waals surface area contributed by atoms with E-state index in [9.17, 15) is 4.79 Å². The number of aromatic nitrogens is 2. The molecule has 0 radical (unpaired) electrons. The van der Waals surface area contributed by atoms with Gasteiger partial charge in [0.2, 0.25) is 0 Å². The number of anilines is 1. The topological polar surface area (TPSA) is 56.2 Å². The molecular weight excluding hydrogens is 242 g/mol. The Hall–Kier alpha value is -2.56. The van der Waals surface area contributed by atoms with Crippen molar-refractivity contribution in [2.24, 2.45) is 7.05 Å². The first kappa shape index (κ1) is 11.5. The molecule has 0 aliphatic carbocycles. The van der Waals surface area contributed by atoms with Crippen LogP contribution in [0.4, 0.5) is 5.82 Å². The summed E-state index contributed by atoms with van der Waals surface area (Å²) in [7, 11) is 1.80. The van der Waals surface area contributed by atoms with Gasteiger partial charge >= 0.3 is 0 Å². The quantitative estimate of drug-likeness (QED) is 0.890. The molecule has 0 unspecified atom stereocenters. The van der Waals surface area contributed by atoms with Gasteiger partial charge < -0.3 is 10.1 Å². The number of hydrogen-bond acceptors (Lipinski definition) is 3. The largest absolute Gasteiger partial charge is 0.488 e. The number of nitrogens with zero attached hydrogens (tertiary/aromatic N) is 2. The molecule has 1 amide bonds. The molecule has 1 aliphatic heterocycles. The standard InChI is InChI=1S/C14H13N3O2/c1-17-7-6-13(16-17)15-14(18)11-8-10-4-2-3-5-12(10)19-9-11/h2-8H,9H2,1H3,(H,15,16,18). The molecular formula is C14H13N3O2. The highest BCUT2D eigenvalue weighted by atomic mass is 16.5. The van der Waals surface area contributed by atoms with Gasteiger partial charge in [0.25, 0.3) is 5.91 Å². The lowest BCUT2D eigenvalue weighted by molar-refractivity contribution is -0.113. The highest BCUT2D eigenvalue weighted by Gasteiger charge is 2.17. The van der Waals surface area contributed by atoms with Crippen molar-refractivity contribution in [3.8, 4) is 5.75 Å². The number of aryl methyl sites for hydroxylation is 1. The molecule has 0 atom stereocenters. The predicted molar refractivity (Wildman–Crippen MR) is 71.8 cm³/mol. The third-order valence-electron chi connectivity index (χ3n) is 2.88. The van der Waals surface area contributed by atoms with E-state index in [0.29, 0.717) is 11.4 Å². The first-order chi connectivity index (χ1) is 9.22. The molecule has 5 heteroatoms. The molecule has 19 heavy (non-hydrogen) atoms. The number of nitrogens with one attached hydrogen (secondary N) is 1. The van der Waals surface area contributed by atoms with Crippen molar-refractivity contribution in [2.45, 2.75) is 0 Å².